The van der Waals surface area contributed by atoms with Gasteiger partial charge in [-0.1, -0.05) is 6.92 Å². The van der Waals surface area contributed by atoms with E-state index in [9.17, 15) is 4.79 Å². The molecule has 0 aliphatic carbocycles. The highest BCUT2D eigenvalue weighted by atomic mass is 16.1. The molecule has 0 amide bonds. The molecule has 2 heterocycles. The van der Waals surface area contributed by atoms with Gasteiger partial charge in [-0.15, -0.1) is 0 Å². The first kappa shape index (κ1) is 11.4. The van der Waals surface area contributed by atoms with Crippen molar-refractivity contribution in [3.63, 3.8) is 0 Å². The van der Waals surface area contributed by atoms with Gasteiger partial charge in [-0.3, -0.25) is 9.48 Å². The quantitative estimate of drug-likeness (QED) is 0.749. The normalized spacial score (nSPS) is 10.5. The van der Waals surface area contributed by atoms with Crippen molar-refractivity contribution in [1.29, 1.82) is 0 Å². The fraction of sp³-hybridized carbons (Fsp3) is 0.333. The van der Waals surface area contributed by atoms with E-state index < -0.39 is 0 Å². The number of hydrogen-bond acceptors (Lipinski definition) is 4. The maximum Gasteiger partial charge on any atom is 0.229 e. The Labute approximate surface area is 99.5 Å². The molecule has 0 bridgehead atoms. The van der Waals surface area contributed by atoms with Gasteiger partial charge in [0.1, 0.15) is 17.2 Å². The molecular formula is C12H14N4O. The average Bonchev–Trinajstić information content (AvgIpc) is 2.77. The lowest BCUT2D eigenvalue weighted by molar-refractivity contribution is 0.102. The summed E-state index contributed by atoms with van der Waals surface area (Å²) < 4.78 is 1.71. The topological polar surface area (TPSA) is 60.7 Å². The van der Waals surface area contributed by atoms with Gasteiger partial charge in [0.05, 0.1) is 0 Å². The maximum atomic E-state index is 12.2. The molecule has 0 N–H and O–H groups in total. The lowest BCUT2D eigenvalue weighted by Crippen LogP contribution is -2.13. The minimum absolute atomic E-state index is 0.110. The molecule has 0 unspecified atom stereocenters. The van der Waals surface area contributed by atoms with Gasteiger partial charge in [0.25, 0.3) is 0 Å². The Morgan fingerprint density at radius 3 is 2.88 bits per heavy atom. The number of rotatable bonds is 4. The van der Waals surface area contributed by atoms with Crippen molar-refractivity contribution >= 4 is 5.78 Å². The van der Waals surface area contributed by atoms with E-state index in [0.717, 1.165) is 13.0 Å². The Hall–Kier alpha value is -2.04. The van der Waals surface area contributed by atoms with Crippen molar-refractivity contribution in [1.82, 2.24) is 19.7 Å². The van der Waals surface area contributed by atoms with Crippen molar-refractivity contribution in [2.24, 2.45) is 0 Å². The minimum atomic E-state index is -0.110. The first-order chi connectivity index (χ1) is 8.22. The molecule has 0 spiro atoms. The molecule has 2 rings (SSSR count). The van der Waals surface area contributed by atoms with Crippen LogP contribution in [0.1, 0.15) is 35.4 Å². The summed E-state index contributed by atoms with van der Waals surface area (Å²) >= 11 is 0. The Bertz CT molecular complexity index is 533. The second-order valence-electron chi connectivity index (χ2n) is 3.76. The van der Waals surface area contributed by atoms with Crippen LogP contribution >= 0.6 is 0 Å². The monoisotopic (exact) mass is 230 g/mol. The van der Waals surface area contributed by atoms with E-state index in [2.05, 4.69) is 15.1 Å². The molecule has 0 aliphatic rings. The lowest BCUT2D eigenvalue weighted by atomic mass is 10.2. The van der Waals surface area contributed by atoms with Crippen molar-refractivity contribution in [2.75, 3.05) is 0 Å². The van der Waals surface area contributed by atoms with E-state index in [-0.39, 0.29) is 5.78 Å². The van der Waals surface area contributed by atoms with Gasteiger partial charge in [-0.25, -0.2) is 9.97 Å². The predicted molar refractivity (Wildman–Crippen MR) is 62.7 cm³/mol. The summed E-state index contributed by atoms with van der Waals surface area (Å²) in [4.78, 5) is 20.3. The van der Waals surface area contributed by atoms with Crippen LogP contribution in [-0.2, 0) is 6.54 Å². The zero-order valence-corrected chi connectivity index (χ0v) is 9.92. The zero-order chi connectivity index (χ0) is 12.3. The van der Waals surface area contributed by atoms with Crippen LogP contribution in [0.15, 0.2) is 24.5 Å². The summed E-state index contributed by atoms with van der Waals surface area (Å²) in [7, 11) is 0. The van der Waals surface area contributed by atoms with Gasteiger partial charge in [0.2, 0.25) is 5.78 Å². The number of nitrogens with zero attached hydrogens (tertiary/aromatic N) is 4. The van der Waals surface area contributed by atoms with Gasteiger partial charge >= 0.3 is 0 Å². The SMILES string of the molecule is CCCn1nccc1C(=O)c1ccnc(C)n1. The van der Waals surface area contributed by atoms with Crippen LogP contribution in [0.5, 0.6) is 0 Å². The van der Waals surface area contributed by atoms with Gasteiger partial charge in [0, 0.05) is 18.9 Å². The number of ketones is 1. The van der Waals surface area contributed by atoms with Crippen molar-refractivity contribution in [2.45, 2.75) is 26.8 Å². The summed E-state index contributed by atoms with van der Waals surface area (Å²) in [5.74, 6) is 0.485. The number of carbonyl (C=O) groups is 1. The van der Waals surface area contributed by atoms with E-state index in [1.54, 1.807) is 36.1 Å². The third-order valence-electron chi connectivity index (χ3n) is 2.39. The highest BCUT2D eigenvalue weighted by Crippen LogP contribution is 2.07. The van der Waals surface area contributed by atoms with Crippen molar-refractivity contribution in [3.8, 4) is 0 Å². The van der Waals surface area contributed by atoms with Crippen LogP contribution in [0.4, 0.5) is 0 Å². The van der Waals surface area contributed by atoms with Crippen molar-refractivity contribution in [3.05, 3.63) is 41.7 Å². The smallest absolute Gasteiger partial charge is 0.229 e. The molecule has 2 aromatic rings. The van der Waals surface area contributed by atoms with Crippen LogP contribution in [0.25, 0.3) is 0 Å². The van der Waals surface area contributed by atoms with E-state index in [1.807, 2.05) is 6.92 Å². The predicted octanol–water partition coefficient (Wildman–Crippen LogP) is 1.62. The molecule has 0 saturated carbocycles. The second-order valence-corrected chi connectivity index (χ2v) is 3.76. The molecular weight excluding hydrogens is 216 g/mol. The van der Waals surface area contributed by atoms with E-state index >= 15 is 0 Å². The Morgan fingerprint density at radius 2 is 2.18 bits per heavy atom. The first-order valence-corrected chi connectivity index (χ1v) is 5.58. The maximum absolute atomic E-state index is 12.2. The Kier molecular flexibility index (Phi) is 3.27. The van der Waals surface area contributed by atoms with Crippen molar-refractivity contribution < 1.29 is 4.79 Å². The van der Waals surface area contributed by atoms with Crippen LogP contribution in [-0.4, -0.2) is 25.5 Å². The molecule has 0 atom stereocenters. The minimum Gasteiger partial charge on any atom is -0.285 e. The van der Waals surface area contributed by atoms with Gasteiger partial charge < -0.3 is 0 Å². The van der Waals surface area contributed by atoms with Crippen LogP contribution < -0.4 is 0 Å². The highest BCUT2D eigenvalue weighted by Gasteiger charge is 2.15. The summed E-state index contributed by atoms with van der Waals surface area (Å²) in [6, 6.07) is 3.34. The average molecular weight is 230 g/mol. The molecule has 5 nitrogen and oxygen atoms in total. The summed E-state index contributed by atoms with van der Waals surface area (Å²) in [5.41, 5.74) is 0.986. The largest absolute Gasteiger partial charge is 0.285 e. The summed E-state index contributed by atoms with van der Waals surface area (Å²) in [5, 5.41) is 4.13. The Balaban J connectivity index is 2.33. The molecule has 0 aliphatic heterocycles. The molecule has 5 heteroatoms. The van der Waals surface area contributed by atoms with E-state index in [4.69, 9.17) is 0 Å². The van der Waals surface area contributed by atoms with Crippen LogP contribution in [0.2, 0.25) is 0 Å². The van der Waals surface area contributed by atoms with E-state index in [1.165, 1.54) is 0 Å². The fourth-order valence-corrected chi connectivity index (χ4v) is 1.63. The zero-order valence-electron chi connectivity index (χ0n) is 9.92. The summed E-state index contributed by atoms with van der Waals surface area (Å²) in [6.07, 6.45) is 4.16. The van der Waals surface area contributed by atoms with Gasteiger partial charge in [-0.05, 0) is 25.5 Å². The van der Waals surface area contributed by atoms with Gasteiger partial charge in [0.15, 0.2) is 0 Å². The molecule has 17 heavy (non-hydrogen) atoms. The molecule has 0 aromatic carbocycles. The van der Waals surface area contributed by atoms with Crippen LogP contribution in [0.3, 0.4) is 0 Å². The molecule has 0 fully saturated rings. The molecule has 0 saturated heterocycles. The standard InChI is InChI=1S/C12H14N4O/c1-3-8-16-11(5-7-14-16)12(17)10-4-6-13-9(2)15-10/h4-7H,3,8H2,1-2H3. The molecule has 88 valence electrons. The molecule has 2 aromatic heterocycles. The van der Waals surface area contributed by atoms with Gasteiger partial charge in [-0.2, -0.15) is 5.10 Å². The summed E-state index contributed by atoms with van der Waals surface area (Å²) in [6.45, 7) is 4.54. The van der Waals surface area contributed by atoms with E-state index in [0.29, 0.717) is 17.2 Å². The number of hydrogen-bond donors (Lipinski definition) is 0. The second kappa shape index (κ2) is 4.86. The number of carbonyl (C=O) groups excluding carboxylic acids is 1. The third-order valence-corrected chi connectivity index (χ3v) is 2.39. The molecule has 0 radical (unpaired) electrons. The lowest BCUT2D eigenvalue weighted by Gasteiger charge is -2.04. The number of aryl methyl sites for hydroxylation is 2. The fourth-order valence-electron chi connectivity index (χ4n) is 1.63. The first-order valence-electron chi connectivity index (χ1n) is 5.58. The Morgan fingerprint density at radius 1 is 1.35 bits per heavy atom. The number of aromatic nitrogens is 4. The highest BCUT2D eigenvalue weighted by molar-refractivity contribution is 6.06. The van der Waals surface area contributed by atoms with Crippen LogP contribution in [0, 0.1) is 6.92 Å². The third kappa shape index (κ3) is 2.38.